The smallest absolute Gasteiger partial charge is 0.462 e. The van der Waals surface area contributed by atoms with Gasteiger partial charge in [-0.05, 0) is 77.0 Å². The van der Waals surface area contributed by atoms with Gasteiger partial charge in [0.15, 0.2) is 6.10 Å². The summed E-state index contributed by atoms with van der Waals surface area (Å²) in [6.07, 6.45) is 55.4. The van der Waals surface area contributed by atoms with E-state index in [2.05, 4.69) is 74.6 Å². The van der Waals surface area contributed by atoms with Crippen molar-refractivity contribution in [1.82, 2.24) is 0 Å². The molecule has 1 N–H and O–H groups in total. The second kappa shape index (κ2) is 43.7. The number of rotatable bonds is 44. The van der Waals surface area contributed by atoms with Gasteiger partial charge in [0.25, 0.3) is 0 Å². The van der Waals surface area contributed by atoms with Crippen LogP contribution in [0.1, 0.15) is 194 Å². The topological polar surface area (TPSA) is 108 Å². The molecule has 0 aromatic rings. The summed E-state index contributed by atoms with van der Waals surface area (Å²) in [5, 5.41) is 0. The highest BCUT2D eigenvalue weighted by atomic mass is 31.2. The van der Waals surface area contributed by atoms with Crippen molar-refractivity contribution >= 4 is 19.8 Å². The van der Waals surface area contributed by atoms with Gasteiger partial charge in [-0.2, -0.15) is 0 Å². The molecule has 0 fully saturated rings. The first-order valence-corrected chi connectivity index (χ1v) is 26.2. The highest BCUT2D eigenvalue weighted by Gasteiger charge is 2.27. The van der Waals surface area contributed by atoms with Crippen LogP contribution in [0.3, 0.4) is 0 Å². The number of phosphoric acid groups is 1. The Labute approximate surface area is 380 Å². The predicted octanol–water partition coefficient (Wildman–Crippen LogP) is 14.6. The molecule has 0 aromatic heterocycles. The first kappa shape index (κ1) is 59.5. The van der Waals surface area contributed by atoms with Crippen LogP contribution in [-0.4, -0.2) is 74.9 Å². The molecule has 10 heteroatoms. The van der Waals surface area contributed by atoms with Crippen LogP contribution in [-0.2, 0) is 32.7 Å². The zero-order valence-electron chi connectivity index (χ0n) is 40.3. The highest BCUT2D eigenvalue weighted by Crippen LogP contribution is 2.43. The molecule has 0 aliphatic rings. The van der Waals surface area contributed by atoms with Crippen molar-refractivity contribution in [2.45, 2.75) is 200 Å². The van der Waals surface area contributed by atoms with Crippen molar-refractivity contribution in [2.24, 2.45) is 0 Å². The van der Waals surface area contributed by atoms with E-state index in [0.717, 1.165) is 44.9 Å². The second-order valence-electron chi connectivity index (χ2n) is 17.5. The summed E-state index contributed by atoms with van der Waals surface area (Å²) >= 11 is 0. The van der Waals surface area contributed by atoms with E-state index in [-0.39, 0.29) is 26.1 Å². The lowest BCUT2D eigenvalue weighted by atomic mass is 10.1. The monoisotopic (exact) mass is 891 g/mol. The molecule has 0 amide bonds. The lowest BCUT2D eigenvalue weighted by molar-refractivity contribution is -0.870. The normalized spacial score (nSPS) is 14.1. The third-order valence-electron chi connectivity index (χ3n) is 10.2. The lowest BCUT2D eigenvalue weighted by Crippen LogP contribution is -2.37. The number of hydrogen-bond acceptors (Lipinski definition) is 7. The van der Waals surface area contributed by atoms with Crippen molar-refractivity contribution < 1.29 is 42.1 Å². The highest BCUT2D eigenvalue weighted by molar-refractivity contribution is 7.47. The second-order valence-corrected chi connectivity index (χ2v) is 18.9. The number of likely N-dealkylation sites (N-methyl/N-ethyl adjacent to an activating group) is 1. The minimum Gasteiger partial charge on any atom is -0.462 e. The Bertz CT molecular complexity index is 1280. The molecule has 0 saturated heterocycles. The molecular weight excluding hydrogens is 798 g/mol. The third-order valence-corrected chi connectivity index (χ3v) is 11.2. The van der Waals surface area contributed by atoms with Gasteiger partial charge in [-0.1, -0.05) is 177 Å². The summed E-state index contributed by atoms with van der Waals surface area (Å²) in [6.45, 7) is 4.31. The van der Waals surface area contributed by atoms with E-state index in [1.54, 1.807) is 0 Å². The van der Waals surface area contributed by atoms with Gasteiger partial charge in [-0.15, -0.1) is 0 Å². The van der Waals surface area contributed by atoms with Crippen molar-refractivity contribution in [3.63, 3.8) is 0 Å². The fraction of sp³-hybridized carbons (Fsp3) is 0.731. The zero-order valence-corrected chi connectivity index (χ0v) is 41.2. The van der Waals surface area contributed by atoms with Crippen molar-refractivity contribution in [2.75, 3.05) is 47.5 Å². The average molecular weight is 891 g/mol. The number of carbonyl (C=O) groups is 2. The van der Waals surface area contributed by atoms with E-state index in [1.807, 2.05) is 33.3 Å². The number of quaternary nitrogens is 1. The maximum atomic E-state index is 12.7. The molecule has 0 saturated carbocycles. The predicted molar refractivity (Wildman–Crippen MR) is 261 cm³/mol. The molecule has 358 valence electrons. The van der Waals surface area contributed by atoms with E-state index in [4.69, 9.17) is 18.5 Å². The van der Waals surface area contributed by atoms with Gasteiger partial charge >= 0.3 is 19.8 Å². The first-order chi connectivity index (χ1) is 30.0. The number of unbranched alkanes of at least 4 members (excludes halogenated alkanes) is 18. The summed E-state index contributed by atoms with van der Waals surface area (Å²) in [5.41, 5.74) is 0. The van der Waals surface area contributed by atoms with Crippen LogP contribution in [0.2, 0.25) is 0 Å². The molecule has 62 heavy (non-hydrogen) atoms. The summed E-state index contributed by atoms with van der Waals surface area (Å²) in [5.74, 6) is -0.899. The molecule has 0 aliphatic heterocycles. The maximum absolute atomic E-state index is 12.7. The van der Waals surface area contributed by atoms with Gasteiger partial charge < -0.3 is 18.9 Å². The van der Waals surface area contributed by atoms with E-state index >= 15 is 0 Å². The SMILES string of the molecule is CCCCC/C=C/C/C=C/C/C=C/C/C=C/C/C=C/CCC(=O)OC[C@H](COP(=O)(O)OCC[N+](C)(C)C)OC(=O)CCCCCCCCCCC/C=C/CCCCCCCC. The summed E-state index contributed by atoms with van der Waals surface area (Å²) in [6, 6.07) is 0. The fourth-order valence-electron chi connectivity index (χ4n) is 6.34. The largest absolute Gasteiger partial charge is 0.472 e. The summed E-state index contributed by atoms with van der Waals surface area (Å²) < 4.78 is 34.3. The van der Waals surface area contributed by atoms with Gasteiger partial charge in [0.05, 0.1) is 27.7 Å². The minimum absolute atomic E-state index is 0.0175. The average Bonchev–Trinajstić information content (AvgIpc) is 3.23. The van der Waals surface area contributed by atoms with Crippen LogP contribution in [0.25, 0.3) is 0 Å². The number of allylic oxidation sites excluding steroid dienone is 12. The van der Waals surface area contributed by atoms with Crippen molar-refractivity contribution in [3.05, 3.63) is 72.9 Å². The molecule has 0 radical (unpaired) electrons. The Balaban J connectivity index is 4.41. The number of phosphoric ester groups is 1. The van der Waals surface area contributed by atoms with Gasteiger partial charge in [-0.25, -0.2) is 4.57 Å². The fourth-order valence-corrected chi connectivity index (χ4v) is 7.09. The quantitative estimate of drug-likeness (QED) is 0.0212. The standard InChI is InChI=1S/C52H92NO8P/c1-6-8-10-12-14-16-18-20-22-24-26-28-30-32-34-36-38-40-42-44-51(54)58-48-50(49-60-62(56,57)59-47-46-53(3,4)5)61-52(55)45-43-41-39-37-35-33-31-29-27-25-23-21-19-17-15-13-11-9-7-2/h14,16,20-23,26,28,32,34,38,40,50H,6-13,15,17-19,24-25,27,29-31,33,35-37,39,41-49H2,1-5H3/p+1/b16-14+,22-20+,23-21+,28-26+,34-32+,40-38+/t50-/m1/s1. The van der Waals surface area contributed by atoms with Crippen molar-refractivity contribution in [1.29, 1.82) is 0 Å². The minimum atomic E-state index is -4.40. The van der Waals surface area contributed by atoms with Crippen LogP contribution in [0, 0.1) is 0 Å². The van der Waals surface area contributed by atoms with E-state index in [9.17, 15) is 19.0 Å². The van der Waals surface area contributed by atoms with Gasteiger partial charge in [0.1, 0.15) is 19.8 Å². The van der Waals surface area contributed by atoms with Crippen LogP contribution >= 0.6 is 7.82 Å². The molecule has 1 unspecified atom stereocenters. The van der Waals surface area contributed by atoms with Crippen LogP contribution in [0.5, 0.6) is 0 Å². The Morgan fingerprint density at radius 3 is 1.40 bits per heavy atom. The van der Waals surface area contributed by atoms with Gasteiger partial charge in [0.2, 0.25) is 0 Å². The Kier molecular flexibility index (Phi) is 41.9. The summed E-state index contributed by atoms with van der Waals surface area (Å²) in [7, 11) is 1.43. The van der Waals surface area contributed by atoms with E-state index < -0.39 is 32.5 Å². The Morgan fingerprint density at radius 2 is 0.903 bits per heavy atom. The number of hydrogen-bond donors (Lipinski definition) is 1. The zero-order chi connectivity index (χ0) is 45.7. The molecular formula is C52H93NO8P+. The van der Waals surface area contributed by atoms with E-state index in [1.165, 1.54) is 109 Å². The molecule has 2 atom stereocenters. The van der Waals surface area contributed by atoms with E-state index in [0.29, 0.717) is 23.9 Å². The first-order valence-electron chi connectivity index (χ1n) is 24.7. The number of esters is 2. The molecule has 9 nitrogen and oxygen atoms in total. The Morgan fingerprint density at radius 1 is 0.500 bits per heavy atom. The molecule has 0 aliphatic carbocycles. The molecule has 0 aromatic carbocycles. The lowest BCUT2D eigenvalue weighted by Gasteiger charge is -2.24. The number of ether oxygens (including phenoxy) is 2. The number of nitrogens with zero attached hydrogens (tertiary/aromatic N) is 1. The third kappa shape index (κ3) is 46.9. The Hall–Kier alpha value is -2.55. The van der Waals surface area contributed by atoms with Crippen molar-refractivity contribution in [3.8, 4) is 0 Å². The molecule has 0 rings (SSSR count). The van der Waals surface area contributed by atoms with Crippen LogP contribution < -0.4 is 0 Å². The molecule has 0 bridgehead atoms. The number of carbonyl (C=O) groups excluding carboxylic acids is 2. The van der Waals surface area contributed by atoms with Crippen LogP contribution in [0.15, 0.2) is 72.9 Å². The van der Waals surface area contributed by atoms with Gasteiger partial charge in [-0.3, -0.25) is 18.6 Å². The van der Waals surface area contributed by atoms with Gasteiger partial charge in [0, 0.05) is 12.8 Å². The molecule has 0 spiro atoms. The summed E-state index contributed by atoms with van der Waals surface area (Å²) in [4.78, 5) is 35.5. The maximum Gasteiger partial charge on any atom is 0.472 e. The molecule has 0 heterocycles. The van der Waals surface area contributed by atoms with Crippen LogP contribution in [0.4, 0.5) is 0 Å².